The van der Waals surface area contributed by atoms with Gasteiger partial charge in [0, 0.05) is 37.3 Å². The van der Waals surface area contributed by atoms with Gasteiger partial charge in [0.2, 0.25) is 0 Å². The van der Waals surface area contributed by atoms with E-state index in [0.717, 1.165) is 0 Å². The number of aromatic carboxylic acids is 1. The predicted octanol–water partition coefficient (Wildman–Crippen LogP) is 4.05. The van der Waals surface area contributed by atoms with Gasteiger partial charge in [0.05, 0.1) is 11.7 Å². The molecule has 1 aromatic heterocycles. The number of pyridine rings is 1. The maximum Gasteiger partial charge on any atom is 0.410 e. The van der Waals surface area contributed by atoms with Crippen molar-refractivity contribution in [3.05, 3.63) is 46.4 Å². The third-order valence-corrected chi connectivity index (χ3v) is 5.91. The molecule has 2 aliphatic rings. The largest absolute Gasteiger partial charge is 0.490 e. The second kappa shape index (κ2) is 8.79. The van der Waals surface area contributed by atoms with Crippen LogP contribution in [0.15, 0.2) is 24.3 Å². The zero-order valence-corrected chi connectivity index (χ0v) is 19.4. The molecule has 0 saturated carbocycles. The Morgan fingerprint density at radius 3 is 2.67 bits per heavy atom. The molecule has 176 valence electrons. The number of piperazine rings is 1. The van der Waals surface area contributed by atoms with Gasteiger partial charge in [-0.1, -0.05) is 23.7 Å². The molecule has 3 heterocycles. The molecule has 0 spiro atoms. The average Bonchev–Trinajstić information content (AvgIpc) is 2.93. The molecule has 0 bridgehead atoms. The minimum absolute atomic E-state index is 0.0150. The topological polar surface area (TPSA) is 92.2 Å². The highest BCUT2D eigenvalue weighted by atomic mass is 35.5. The second-order valence-electron chi connectivity index (χ2n) is 9.08. The van der Waals surface area contributed by atoms with E-state index >= 15 is 0 Å². The summed E-state index contributed by atoms with van der Waals surface area (Å²) in [4.78, 5) is 32.5. The van der Waals surface area contributed by atoms with Gasteiger partial charge < -0.3 is 19.5 Å². The molecule has 33 heavy (non-hydrogen) atoms. The van der Waals surface area contributed by atoms with Gasteiger partial charge in [0.25, 0.3) is 0 Å². The lowest BCUT2D eigenvalue weighted by molar-refractivity contribution is -0.00155. The quantitative estimate of drug-likeness (QED) is 0.697. The number of hydrogen-bond acceptors (Lipinski definition) is 6. The van der Waals surface area contributed by atoms with Crippen LogP contribution in [0.25, 0.3) is 11.3 Å². The summed E-state index contributed by atoms with van der Waals surface area (Å²) in [6.45, 7) is 7.11. The van der Waals surface area contributed by atoms with Crippen LogP contribution in [-0.4, -0.2) is 69.8 Å². The van der Waals surface area contributed by atoms with Crippen LogP contribution in [-0.2, 0) is 11.3 Å². The molecule has 1 atom stereocenters. The van der Waals surface area contributed by atoms with Crippen LogP contribution in [0.2, 0.25) is 5.02 Å². The van der Waals surface area contributed by atoms with Crippen molar-refractivity contribution in [2.24, 2.45) is 0 Å². The van der Waals surface area contributed by atoms with Crippen LogP contribution in [0.3, 0.4) is 0 Å². The van der Waals surface area contributed by atoms with Crippen LogP contribution < -0.4 is 4.74 Å². The van der Waals surface area contributed by atoms with E-state index in [9.17, 15) is 19.1 Å². The van der Waals surface area contributed by atoms with Crippen molar-refractivity contribution >= 4 is 23.7 Å². The van der Waals surface area contributed by atoms with Crippen LogP contribution in [0.4, 0.5) is 9.18 Å². The Balaban J connectivity index is 1.67. The highest BCUT2D eigenvalue weighted by Gasteiger charge is 2.37. The molecule has 1 N–H and O–H groups in total. The van der Waals surface area contributed by atoms with Crippen LogP contribution >= 0.6 is 11.6 Å². The zero-order chi connectivity index (χ0) is 23.9. The van der Waals surface area contributed by atoms with Gasteiger partial charge in [0.1, 0.15) is 28.8 Å². The van der Waals surface area contributed by atoms with Crippen molar-refractivity contribution < 1.29 is 28.6 Å². The molecule has 1 amide bonds. The monoisotopic (exact) mass is 477 g/mol. The molecular formula is C23H25ClFN3O5. The fourth-order valence-corrected chi connectivity index (χ4v) is 4.33. The summed E-state index contributed by atoms with van der Waals surface area (Å²) in [5.41, 5.74) is -0.400. The predicted molar refractivity (Wildman–Crippen MR) is 119 cm³/mol. The lowest BCUT2D eigenvalue weighted by atomic mass is 10.1. The number of hydrogen-bond donors (Lipinski definition) is 1. The molecule has 1 fully saturated rings. The lowest BCUT2D eigenvalue weighted by Gasteiger charge is -2.40. The Hall–Kier alpha value is -2.91. The van der Waals surface area contributed by atoms with Crippen molar-refractivity contribution in [3.63, 3.8) is 0 Å². The van der Waals surface area contributed by atoms with Crippen LogP contribution in [0.5, 0.6) is 5.75 Å². The zero-order valence-electron chi connectivity index (χ0n) is 18.6. The molecule has 2 aromatic rings. The molecule has 1 saturated heterocycles. The van der Waals surface area contributed by atoms with Crippen molar-refractivity contribution in [1.82, 2.24) is 14.8 Å². The highest BCUT2D eigenvalue weighted by molar-refractivity contribution is 6.34. The molecular weight excluding hydrogens is 453 g/mol. The summed E-state index contributed by atoms with van der Waals surface area (Å²) in [7, 11) is 0. The number of amides is 1. The molecule has 1 aromatic carbocycles. The number of aromatic nitrogens is 1. The Bertz CT molecular complexity index is 1100. The number of benzene rings is 1. The third kappa shape index (κ3) is 4.74. The fourth-order valence-electron chi connectivity index (χ4n) is 4.02. The van der Waals surface area contributed by atoms with Crippen molar-refractivity contribution in [3.8, 4) is 17.0 Å². The SMILES string of the molecule is CC(C)(C)OC(=O)N1CCN2Cc3c(C(=O)O)nc(-c4ccccc4F)c(Cl)c3OCC2C1. The standard InChI is InChI=1S/C23H25ClFN3O5/c1-23(2,3)33-22(31)28-9-8-27-11-15-19(21(29)30)26-18(14-6-4-5-7-16(14)25)17(24)20(15)32-12-13(27)10-28/h4-7,13H,8-12H2,1-3H3,(H,29,30). The number of ether oxygens (including phenoxy) is 2. The fraction of sp³-hybridized carbons (Fsp3) is 0.435. The molecule has 4 rings (SSSR count). The molecule has 8 nitrogen and oxygen atoms in total. The van der Waals surface area contributed by atoms with Crippen molar-refractivity contribution in [1.29, 1.82) is 0 Å². The van der Waals surface area contributed by atoms with Gasteiger partial charge in [-0.2, -0.15) is 0 Å². The van der Waals surface area contributed by atoms with E-state index in [1.807, 2.05) is 25.7 Å². The number of carbonyl (C=O) groups is 2. The first-order chi connectivity index (χ1) is 15.5. The van der Waals surface area contributed by atoms with Gasteiger partial charge in [-0.3, -0.25) is 4.90 Å². The van der Waals surface area contributed by atoms with E-state index in [1.54, 1.807) is 11.0 Å². The van der Waals surface area contributed by atoms with Crippen LogP contribution in [0, 0.1) is 5.82 Å². The van der Waals surface area contributed by atoms with Gasteiger partial charge in [-0.25, -0.2) is 19.0 Å². The molecule has 1 unspecified atom stereocenters. The lowest BCUT2D eigenvalue weighted by Crippen LogP contribution is -2.56. The molecule has 0 aliphatic carbocycles. The van der Waals surface area contributed by atoms with Gasteiger partial charge in [-0.05, 0) is 32.9 Å². The number of carboxylic acid groups (broad SMARTS) is 1. The first kappa shape index (κ1) is 23.3. The summed E-state index contributed by atoms with van der Waals surface area (Å²) in [6.07, 6.45) is -0.406. The Labute approximate surface area is 195 Å². The Kier molecular flexibility index (Phi) is 6.20. The number of fused-ring (bicyclic) bond motifs is 2. The highest BCUT2D eigenvalue weighted by Crippen LogP contribution is 2.41. The Morgan fingerprint density at radius 1 is 1.27 bits per heavy atom. The van der Waals surface area contributed by atoms with E-state index < -0.39 is 23.5 Å². The number of carbonyl (C=O) groups excluding carboxylic acids is 1. The van der Waals surface area contributed by atoms with Crippen molar-refractivity contribution in [2.75, 3.05) is 26.2 Å². The average molecular weight is 478 g/mol. The Morgan fingerprint density at radius 2 is 2.00 bits per heavy atom. The minimum atomic E-state index is -1.25. The van der Waals surface area contributed by atoms with E-state index in [-0.39, 0.29) is 46.9 Å². The van der Waals surface area contributed by atoms with Gasteiger partial charge in [-0.15, -0.1) is 0 Å². The summed E-state index contributed by atoms with van der Waals surface area (Å²) in [5, 5.41) is 9.90. The number of carboxylic acids is 1. The third-order valence-electron chi connectivity index (χ3n) is 5.56. The van der Waals surface area contributed by atoms with E-state index in [1.165, 1.54) is 18.2 Å². The van der Waals surface area contributed by atoms with E-state index in [0.29, 0.717) is 25.2 Å². The van der Waals surface area contributed by atoms with E-state index in [2.05, 4.69) is 4.98 Å². The smallest absolute Gasteiger partial charge is 0.410 e. The summed E-state index contributed by atoms with van der Waals surface area (Å²) >= 11 is 6.58. The van der Waals surface area contributed by atoms with Gasteiger partial charge >= 0.3 is 12.1 Å². The summed E-state index contributed by atoms with van der Waals surface area (Å²) in [5.74, 6) is -1.64. The first-order valence-electron chi connectivity index (χ1n) is 10.6. The number of rotatable bonds is 2. The minimum Gasteiger partial charge on any atom is -0.490 e. The first-order valence-corrected chi connectivity index (χ1v) is 11.0. The summed E-state index contributed by atoms with van der Waals surface area (Å²) < 4.78 is 25.9. The normalized spacial score (nSPS) is 18.6. The van der Waals surface area contributed by atoms with E-state index in [4.69, 9.17) is 21.1 Å². The maximum absolute atomic E-state index is 14.4. The number of halogens is 2. The molecule has 0 radical (unpaired) electrons. The second-order valence-corrected chi connectivity index (χ2v) is 9.46. The van der Waals surface area contributed by atoms with Crippen LogP contribution in [0.1, 0.15) is 36.8 Å². The molecule has 2 aliphatic heterocycles. The maximum atomic E-state index is 14.4. The van der Waals surface area contributed by atoms with Crippen molar-refractivity contribution in [2.45, 2.75) is 39.0 Å². The number of nitrogens with zero attached hydrogens (tertiary/aromatic N) is 3. The van der Waals surface area contributed by atoms with Gasteiger partial charge in [0.15, 0.2) is 5.69 Å². The molecule has 10 heteroatoms. The summed E-state index contributed by atoms with van der Waals surface area (Å²) in [6, 6.07) is 5.69.